The summed E-state index contributed by atoms with van der Waals surface area (Å²) in [6, 6.07) is 4.57. The second-order valence-corrected chi connectivity index (χ2v) is 9.35. The number of halogens is 1. The van der Waals surface area contributed by atoms with Crippen molar-refractivity contribution in [3.63, 3.8) is 0 Å². The third-order valence-corrected chi connectivity index (χ3v) is 6.87. The van der Waals surface area contributed by atoms with E-state index in [1.54, 1.807) is 0 Å². The molecule has 8 heteroatoms. The smallest absolute Gasteiger partial charge is 0.220 e. The molecule has 1 aliphatic carbocycles. The van der Waals surface area contributed by atoms with E-state index in [9.17, 15) is 4.79 Å². The highest BCUT2D eigenvalue weighted by Gasteiger charge is 2.25. The number of rotatable bonds is 7. The van der Waals surface area contributed by atoms with E-state index in [0.29, 0.717) is 12.6 Å². The number of nitrogens with two attached hydrogens (primary N) is 1. The molecule has 1 amide bonds. The summed E-state index contributed by atoms with van der Waals surface area (Å²) in [4.78, 5) is 23.3. The first-order valence-electron chi connectivity index (χ1n) is 12.0. The van der Waals surface area contributed by atoms with E-state index in [1.165, 1.54) is 25.7 Å². The molecule has 32 heavy (non-hydrogen) atoms. The fourth-order valence-corrected chi connectivity index (χ4v) is 4.82. The molecule has 1 saturated heterocycles. The van der Waals surface area contributed by atoms with Gasteiger partial charge in [0, 0.05) is 43.4 Å². The molecule has 0 unspecified atom stereocenters. The Morgan fingerprint density at radius 1 is 1.22 bits per heavy atom. The van der Waals surface area contributed by atoms with Gasteiger partial charge in [-0.2, -0.15) is 0 Å². The number of aromatic nitrogens is 1. The highest BCUT2D eigenvalue weighted by Crippen LogP contribution is 2.30. The minimum absolute atomic E-state index is 0. The molecule has 2 fully saturated rings. The molecule has 4 N–H and O–H groups in total. The SMILES string of the molecule is CCNC(=NCc1cccnc1N1CCC(C(N)=O)CC1)NC1CCC(C(C)C)CC1.I. The van der Waals surface area contributed by atoms with Crippen molar-refractivity contribution in [2.45, 2.75) is 71.9 Å². The number of hydrogen-bond acceptors (Lipinski definition) is 4. The number of aliphatic imine (C=N–C) groups is 1. The van der Waals surface area contributed by atoms with Crippen LogP contribution in [0.5, 0.6) is 0 Å². The van der Waals surface area contributed by atoms with Crippen molar-refractivity contribution in [3.8, 4) is 0 Å². The predicted octanol–water partition coefficient (Wildman–Crippen LogP) is 3.67. The lowest BCUT2D eigenvalue weighted by molar-refractivity contribution is -0.122. The van der Waals surface area contributed by atoms with Crippen LogP contribution in [0.3, 0.4) is 0 Å². The summed E-state index contributed by atoms with van der Waals surface area (Å²) >= 11 is 0. The Labute approximate surface area is 210 Å². The van der Waals surface area contributed by atoms with Crippen LogP contribution in [-0.4, -0.2) is 42.5 Å². The summed E-state index contributed by atoms with van der Waals surface area (Å²) < 4.78 is 0. The van der Waals surface area contributed by atoms with Gasteiger partial charge in [-0.05, 0) is 63.4 Å². The summed E-state index contributed by atoms with van der Waals surface area (Å²) in [5.74, 6) is 3.29. The molecule has 2 aliphatic rings. The topological polar surface area (TPSA) is 95.6 Å². The highest BCUT2D eigenvalue weighted by atomic mass is 127. The predicted molar refractivity (Wildman–Crippen MR) is 142 cm³/mol. The van der Waals surface area contributed by atoms with Crippen LogP contribution in [0.1, 0.15) is 64.9 Å². The molecular formula is C24H41IN6O. The minimum atomic E-state index is -0.186. The third-order valence-electron chi connectivity index (χ3n) is 6.87. The third kappa shape index (κ3) is 7.49. The first-order valence-corrected chi connectivity index (χ1v) is 12.0. The Kier molecular flexibility index (Phi) is 11.0. The zero-order valence-corrected chi connectivity index (χ0v) is 22.2. The van der Waals surface area contributed by atoms with E-state index in [-0.39, 0.29) is 35.8 Å². The van der Waals surface area contributed by atoms with Gasteiger partial charge >= 0.3 is 0 Å². The van der Waals surface area contributed by atoms with Gasteiger partial charge in [-0.15, -0.1) is 24.0 Å². The molecule has 1 aromatic heterocycles. The van der Waals surface area contributed by atoms with Crippen molar-refractivity contribution >= 4 is 41.7 Å². The molecule has 0 atom stereocenters. The summed E-state index contributed by atoms with van der Waals surface area (Å²) in [5, 5.41) is 7.06. The number of pyridine rings is 1. The first-order chi connectivity index (χ1) is 15.0. The largest absolute Gasteiger partial charge is 0.369 e. The number of anilines is 1. The molecule has 1 aliphatic heterocycles. The molecule has 2 heterocycles. The van der Waals surface area contributed by atoms with Crippen LogP contribution in [0.4, 0.5) is 5.82 Å². The molecule has 0 spiro atoms. The summed E-state index contributed by atoms with van der Waals surface area (Å²) in [6.07, 6.45) is 8.42. The normalized spacial score (nSPS) is 22.4. The zero-order chi connectivity index (χ0) is 22.2. The number of amides is 1. The second kappa shape index (κ2) is 13.2. The summed E-state index contributed by atoms with van der Waals surface area (Å²) in [5.41, 5.74) is 6.60. The van der Waals surface area contributed by atoms with Crippen molar-refractivity contribution in [2.75, 3.05) is 24.5 Å². The van der Waals surface area contributed by atoms with Crippen LogP contribution >= 0.6 is 24.0 Å². The number of nitrogens with zero attached hydrogens (tertiary/aromatic N) is 3. The molecule has 1 saturated carbocycles. The van der Waals surface area contributed by atoms with Gasteiger partial charge in [0.1, 0.15) is 5.82 Å². The Morgan fingerprint density at radius 2 is 1.91 bits per heavy atom. The number of piperidine rings is 1. The highest BCUT2D eigenvalue weighted by molar-refractivity contribution is 14.0. The number of primary amides is 1. The molecule has 1 aromatic rings. The maximum absolute atomic E-state index is 11.5. The molecule has 180 valence electrons. The van der Waals surface area contributed by atoms with Gasteiger partial charge in [-0.25, -0.2) is 9.98 Å². The van der Waals surface area contributed by atoms with Gasteiger partial charge in [0.05, 0.1) is 6.54 Å². The number of guanidine groups is 1. The summed E-state index contributed by atoms with van der Waals surface area (Å²) in [7, 11) is 0. The van der Waals surface area contributed by atoms with Crippen molar-refractivity contribution in [1.29, 1.82) is 0 Å². The molecule has 0 bridgehead atoms. The van der Waals surface area contributed by atoms with E-state index in [0.717, 1.165) is 61.7 Å². The molecule has 7 nitrogen and oxygen atoms in total. The summed E-state index contributed by atoms with van der Waals surface area (Å²) in [6.45, 7) is 9.81. The van der Waals surface area contributed by atoms with E-state index in [1.807, 2.05) is 12.3 Å². The van der Waals surface area contributed by atoms with Crippen LogP contribution in [0, 0.1) is 17.8 Å². The van der Waals surface area contributed by atoms with Crippen LogP contribution < -0.4 is 21.3 Å². The minimum Gasteiger partial charge on any atom is -0.369 e. The van der Waals surface area contributed by atoms with Gasteiger partial charge in [-0.1, -0.05) is 19.9 Å². The van der Waals surface area contributed by atoms with Crippen LogP contribution in [0.2, 0.25) is 0 Å². The van der Waals surface area contributed by atoms with E-state index in [4.69, 9.17) is 10.7 Å². The lowest BCUT2D eigenvalue weighted by atomic mass is 9.80. The maximum atomic E-state index is 11.5. The molecule has 0 radical (unpaired) electrons. The Bertz CT molecular complexity index is 740. The van der Waals surface area contributed by atoms with Gasteiger partial charge in [0.2, 0.25) is 5.91 Å². The number of carbonyl (C=O) groups excluding carboxylic acids is 1. The number of hydrogen-bond donors (Lipinski definition) is 3. The Hall–Kier alpha value is -1.58. The van der Waals surface area contributed by atoms with Crippen LogP contribution in [-0.2, 0) is 11.3 Å². The maximum Gasteiger partial charge on any atom is 0.220 e. The average Bonchev–Trinajstić information content (AvgIpc) is 2.78. The number of carbonyl (C=O) groups is 1. The van der Waals surface area contributed by atoms with Crippen molar-refractivity contribution < 1.29 is 4.79 Å². The van der Waals surface area contributed by atoms with Gasteiger partial charge in [-0.3, -0.25) is 4.79 Å². The van der Waals surface area contributed by atoms with E-state index >= 15 is 0 Å². The molecule has 3 rings (SSSR count). The van der Waals surface area contributed by atoms with Gasteiger partial charge < -0.3 is 21.3 Å². The lowest BCUT2D eigenvalue weighted by Crippen LogP contribution is -2.45. The van der Waals surface area contributed by atoms with E-state index < -0.39 is 0 Å². The number of nitrogens with one attached hydrogen (secondary N) is 2. The van der Waals surface area contributed by atoms with Gasteiger partial charge in [0.15, 0.2) is 5.96 Å². The lowest BCUT2D eigenvalue weighted by Gasteiger charge is -2.33. The Balaban J connectivity index is 0.00000363. The van der Waals surface area contributed by atoms with Gasteiger partial charge in [0.25, 0.3) is 0 Å². The first kappa shape index (κ1) is 26.7. The van der Waals surface area contributed by atoms with Crippen LogP contribution in [0.25, 0.3) is 0 Å². The Morgan fingerprint density at radius 3 is 2.50 bits per heavy atom. The fraction of sp³-hybridized carbons (Fsp3) is 0.708. The monoisotopic (exact) mass is 556 g/mol. The molecule has 0 aromatic carbocycles. The van der Waals surface area contributed by atoms with Crippen molar-refractivity contribution in [2.24, 2.45) is 28.5 Å². The van der Waals surface area contributed by atoms with Crippen molar-refractivity contribution in [3.05, 3.63) is 23.9 Å². The fourth-order valence-electron chi connectivity index (χ4n) is 4.82. The van der Waals surface area contributed by atoms with Crippen molar-refractivity contribution in [1.82, 2.24) is 15.6 Å². The van der Waals surface area contributed by atoms with E-state index in [2.05, 4.69) is 47.4 Å². The zero-order valence-electron chi connectivity index (χ0n) is 19.8. The standard InChI is InChI=1S/C24H40N6O.HI/c1-4-26-24(29-21-9-7-18(8-10-21)17(2)3)28-16-20-6-5-13-27-23(20)30-14-11-19(12-15-30)22(25)31;/h5-6,13,17-19,21H,4,7-12,14-16H2,1-3H3,(H2,25,31)(H2,26,28,29);1H. The van der Waals surface area contributed by atoms with Crippen LogP contribution in [0.15, 0.2) is 23.3 Å². The average molecular weight is 557 g/mol. The quantitative estimate of drug-likeness (QED) is 0.271. The second-order valence-electron chi connectivity index (χ2n) is 9.35. The molecular weight excluding hydrogens is 515 g/mol.